The fourth-order valence-corrected chi connectivity index (χ4v) is 2.62. The van der Waals surface area contributed by atoms with Crippen LogP contribution in [0.4, 0.5) is 0 Å². The molecular weight excluding hydrogens is 250 g/mol. The number of rotatable bonds is 2. The first kappa shape index (κ1) is 15.1. The minimum atomic E-state index is -0.511. The van der Waals surface area contributed by atoms with E-state index in [1.807, 2.05) is 19.1 Å². The highest BCUT2D eigenvalue weighted by Crippen LogP contribution is 2.22. The summed E-state index contributed by atoms with van der Waals surface area (Å²) >= 11 is 0. The van der Waals surface area contributed by atoms with E-state index in [9.17, 15) is 5.11 Å². The van der Waals surface area contributed by atoms with E-state index in [1.165, 1.54) is 5.56 Å². The van der Waals surface area contributed by atoms with Crippen molar-refractivity contribution in [2.45, 2.75) is 38.3 Å². The highest BCUT2D eigenvalue weighted by molar-refractivity contribution is 5.37. The van der Waals surface area contributed by atoms with Crippen molar-refractivity contribution >= 4 is 0 Å². The molecule has 108 valence electrons. The van der Waals surface area contributed by atoms with Crippen LogP contribution in [0.1, 0.15) is 37.3 Å². The highest BCUT2D eigenvalue weighted by Gasteiger charge is 2.24. The van der Waals surface area contributed by atoms with Crippen LogP contribution in [-0.2, 0) is 6.54 Å². The zero-order chi connectivity index (χ0) is 14.4. The van der Waals surface area contributed by atoms with Gasteiger partial charge in [-0.15, -0.1) is 0 Å². The lowest BCUT2D eigenvalue weighted by molar-refractivity contribution is 0.0444. The number of nitrogens with zero attached hydrogens (tertiary/aromatic N) is 1. The van der Waals surface area contributed by atoms with Gasteiger partial charge in [0.15, 0.2) is 0 Å². The molecule has 0 radical (unpaired) electrons. The smallest absolute Gasteiger partial charge is 0.104 e. The quantitative estimate of drug-likeness (QED) is 0.807. The van der Waals surface area contributed by atoms with E-state index >= 15 is 0 Å². The first-order valence-electron chi connectivity index (χ1n) is 7.22. The summed E-state index contributed by atoms with van der Waals surface area (Å²) in [5.41, 5.74) is 1.66. The Morgan fingerprint density at radius 1 is 1.30 bits per heavy atom. The fourth-order valence-electron chi connectivity index (χ4n) is 2.62. The molecule has 0 saturated carbocycles. The maximum absolute atomic E-state index is 10.1. The molecule has 1 aliphatic heterocycles. The average molecular weight is 273 g/mol. The summed E-state index contributed by atoms with van der Waals surface area (Å²) in [4.78, 5) is 2.39. The maximum atomic E-state index is 10.1. The van der Waals surface area contributed by atoms with Crippen LogP contribution in [0, 0.1) is 11.8 Å². The zero-order valence-electron chi connectivity index (χ0n) is 12.1. The molecule has 1 aromatic carbocycles. The van der Waals surface area contributed by atoms with E-state index in [0.717, 1.165) is 44.5 Å². The summed E-state index contributed by atoms with van der Waals surface area (Å²) in [6.45, 7) is 4.68. The van der Waals surface area contributed by atoms with E-state index in [1.54, 1.807) is 0 Å². The fraction of sp³-hybridized carbons (Fsp3) is 0.529. The summed E-state index contributed by atoms with van der Waals surface area (Å²) in [5.74, 6) is 5.61. The van der Waals surface area contributed by atoms with Gasteiger partial charge in [-0.2, -0.15) is 0 Å². The van der Waals surface area contributed by atoms with E-state index in [2.05, 4.69) is 28.9 Å². The second-order valence-corrected chi connectivity index (χ2v) is 5.79. The summed E-state index contributed by atoms with van der Waals surface area (Å²) < 4.78 is 0. The Morgan fingerprint density at radius 2 is 2.15 bits per heavy atom. The van der Waals surface area contributed by atoms with Crippen LogP contribution in [0.25, 0.3) is 0 Å². The van der Waals surface area contributed by atoms with Crippen LogP contribution >= 0.6 is 0 Å². The van der Waals surface area contributed by atoms with Crippen LogP contribution in [0.5, 0.6) is 0 Å². The topological polar surface area (TPSA) is 43.7 Å². The van der Waals surface area contributed by atoms with Gasteiger partial charge in [0.25, 0.3) is 0 Å². The minimum Gasteiger partial charge on any atom is -0.390 e. The standard InChI is InChI=1S/C17H23NO2/c1-17(20)8-4-10-18(11-9-17)14-16-6-2-5-15(13-16)7-3-12-19/h2,5-6,13,19-20H,4,8-12,14H2,1H3. The van der Waals surface area contributed by atoms with Gasteiger partial charge in [-0.1, -0.05) is 24.0 Å². The largest absolute Gasteiger partial charge is 0.390 e. The number of hydrogen-bond donors (Lipinski definition) is 2. The highest BCUT2D eigenvalue weighted by atomic mass is 16.3. The van der Waals surface area contributed by atoms with Crippen molar-refractivity contribution in [1.82, 2.24) is 4.90 Å². The molecular formula is C17H23NO2. The molecule has 3 heteroatoms. The lowest BCUT2D eigenvalue weighted by Crippen LogP contribution is -2.28. The van der Waals surface area contributed by atoms with Gasteiger partial charge in [-0.25, -0.2) is 0 Å². The molecule has 0 aromatic heterocycles. The third kappa shape index (κ3) is 4.64. The summed E-state index contributed by atoms with van der Waals surface area (Å²) in [6.07, 6.45) is 2.75. The number of benzene rings is 1. The van der Waals surface area contributed by atoms with Crippen molar-refractivity contribution in [1.29, 1.82) is 0 Å². The van der Waals surface area contributed by atoms with Crippen LogP contribution in [0.3, 0.4) is 0 Å². The average Bonchev–Trinajstić information content (AvgIpc) is 2.58. The molecule has 1 heterocycles. The van der Waals surface area contributed by atoms with Gasteiger partial charge < -0.3 is 10.2 Å². The van der Waals surface area contributed by atoms with Crippen LogP contribution < -0.4 is 0 Å². The monoisotopic (exact) mass is 273 g/mol. The molecule has 1 fully saturated rings. The summed E-state index contributed by atoms with van der Waals surface area (Å²) in [6, 6.07) is 8.14. The molecule has 1 aromatic rings. The van der Waals surface area contributed by atoms with E-state index in [0.29, 0.717) is 0 Å². The Kier molecular flexibility index (Phi) is 5.19. The predicted octanol–water partition coefficient (Wildman–Crippen LogP) is 1.77. The van der Waals surface area contributed by atoms with Crippen molar-refractivity contribution < 1.29 is 10.2 Å². The number of hydrogen-bond acceptors (Lipinski definition) is 3. The third-order valence-corrected chi connectivity index (χ3v) is 3.80. The van der Waals surface area contributed by atoms with Gasteiger partial charge in [-0.3, -0.25) is 4.90 Å². The Labute approximate surface area is 121 Å². The number of aliphatic hydroxyl groups excluding tert-OH is 1. The summed E-state index contributed by atoms with van der Waals surface area (Å²) in [7, 11) is 0. The molecule has 0 aliphatic carbocycles. The van der Waals surface area contributed by atoms with Crippen molar-refractivity contribution in [2.75, 3.05) is 19.7 Å². The molecule has 1 atom stereocenters. The normalized spacial score (nSPS) is 23.8. The van der Waals surface area contributed by atoms with Gasteiger partial charge in [0.1, 0.15) is 6.61 Å². The molecule has 1 unspecified atom stereocenters. The Balaban J connectivity index is 1.99. The lowest BCUT2D eigenvalue weighted by Gasteiger charge is -2.22. The molecule has 2 N–H and O–H groups in total. The minimum absolute atomic E-state index is 0.106. The van der Waals surface area contributed by atoms with Gasteiger partial charge in [0.2, 0.25) is 0 Å². The van der Waals surface area contributed by atoms with Crippen molar-refractivity contribution in [3.8, 4) is 11.8 Å². The Hall–Kier alpha value is -1.34. The molecule has 0 spiro atoms. The van der Waals surface area contributed by atoms with Crippen molar-refractivity contribution in [3.05, 3.63) is 35.4 Å². The molecule has 1 saturated heterocycles. The van der Waals surface area contributed by atoms with Gasteiger partial charge in [-0.05, 0) is 50.4 Å². The molecule has 1 aliphatic rings. The molecule has 3 nitrogen and oxygen atoms in total. The van der Waals surface area contributed by atoms with Crippen molar-refractivity contribution in [3.63, 3.8) is 0 Å². The number of aliphatic hydroxyl groups is 2. The Bertz CT molecular complexity index is 499. The number of likely N-dealkylation sites (tertiary alicyclic amines) is 1. The van der Waals surface area contributed by atoms with Crippen molar-refractivity contribution in [2.24, 2.45) is 0 Å². The zero-order valence-corrected chi connectivity index (χ0v) is 12.1. The second-order valence-electron chi connectivity index (χ2n) is 5.79. The lowest BCUT2D eigenvalue weighted by atomic mass is 9.98. The van der Waals surface area contributed by atoms with Crippen LogP contribution in [-0.4, -0.2) is 40.4 Å². The molecule has 20 heavy (non-hydrogen) atoms. The van der Waals surface area contributed by atoms with Crippen LogP contribution in [0.2, 0.25) is 0 Å². The SMILES string of the molecule is CC1(O)CCCN(Cc2cccc(C#CCO)c2)CC1. The van der Waals surface area contributed by atoms with E-state index in [-0.39, 0.29) is 6.61 Å². The van der Waals surface area contributed by atoms with E-state index in [4.69, 9.17) is 5.11 Å². The van der Waals surface area contributed by atoms with Gasteiger partial charge in [0.05, 0.1) is 5.60 Å². The second kappa shape index (κ2) is 6.90. The third-order valence-electron chi connectivity index (χ3n) is 3.80. The van der Waals surface area contributed by atoms with Crippen LogP contribution in [0.15, 0.2) is 24.3 Å². The molecule has 0 amide bonds. The first-order chi connectivity index (χ1) is 9.59. The summed E-state index contributed by atoms with van der Waals surface area (Å²) in [5, 5.41) is 18.8. The van der Waals surface area contributed by atoms with E-state index < -0.39 is 5.60 Å². The predicted molar refractivity (Wildman–Crippen MR) is 80.2 cm³/mol. The molecule has 0 bridgehead atoms. The van der Waals surface area contributed by atoms with Gasteiger partial charge >= 0.3 is 0 Å². The first-order valence-corrected chi connectivity index (χ1v) is 7.22. The maximum Gasteiger partial charge on any atom is 0.104 e. The molecule has 2 rings (SSSR count). The van der Waals surface area contributed by atoms with Gasteiger partial charge in [0, 0.05) is 18.7 Å². The Morgan fingerprint density at radius 3 is 2.95 bits per heavy atom.